The van der Waals surface area contributed by atoms with Gasteiger partial charge in [0.2, 0.25) is 5.91 Å². The molecule has 0 bridgehead atoms. The molecule has 2 aromatic rings. The molecular weight excluding hydrogens is 336 g/mol. The molecule has 2 aliphatic rings. The van der Waals surface area contributed by atoms with Gasteiger partial charge in [-0.25, -0.2) is 4.98 Å². The van der Waals surface area contributed by atoms with Crippen LogP contribution in [0.4, 0.5) is 5.82 Å². The highest BCUT2D eigenvalue weighted by atomic mass is 32.1. The second kappa shape index (κ2) is 7.59. The third-order valence-electron chi connectivity index (χ3n) is 5.09. The van der Waals surface area contributed by atoms with Gasteiger partial charge in [0.25, 0.3) is 0 Å². The summed E-state index contributed by atoms with van der Waals surface area (Å²) in [7, 11) is 0. The van der Waals surface area contributed by atoms with Crippen LogP contribution in [0.15, 0.2) is 35.4 Å². The van der Waals surface area contributed by atoms with Crippen LogP contribution in [0.25, 0.3) is 0 Å². The zero-order valence-corrected chi connectivity index (χ0v) is 14.8. The van der Waals surface area contributed by atoms with E-state index in [0.29, 0.717) is 12.4 Å². The molecule has 2 aromatic heterocycles. The Labute approximate surface area is 151 Å². The second-order valence-electron chi connectivity index (χ2n) is 6.70. The van der Waals surface area contributed by atoms with Gasteiger partial charge in [-0.15, -0.1) is 0 Å². The number of carbonyl (C=O) groups is 1. The van der Waals surface area contributed by atoms with Crippen LogP contribution in [-0.2, 0) is 16.1 Å². The molecule has 0 radical (unpaired) electrons. The second-order valence-corrected chi connectivity index (χ2v) is 7.48. The third kappa shape index (κ3) is 3.89. The van der Waals surface area contributed by atoms with Crippen LogP contribution in [0.3, 0.4) is 0 Å². The monoisotopic (exact) mass is 358 g/mol. The zero-order valence-electron chi connectivity index (χ0n) is 14.0. The van der Waals surface area contributed by atoms with E-state index in [4.69, 9.17) is 4.74 Å². The molecule has 3 atom stereocenters. The normalized spacial score (nSPS) is 26.8. The van der Waals surface area contributed by atoms with E-state index in [2.05, 4.69) is 37.0 Å². The summed E-state index contributed by atoms with van der Waals surface area (Å²) in [5, 5.41) is 7.23. The number of carbonyl (C=O) groups excluding carboxylic acids is 1. The first-order valence-electron chi connectivity index (χ1n) is 8.71. The lowest BCUT2D eigenvalue weighted by molar-refractivity contribution is -0.137. The minimum Gasteiger partial charge on any atom is -0.378 e. The van der Waals surface area contributed by atoms with Crippen LogP contribution in [0.5, 0.6) is 0 Å². The van der Waals surface area contributed by atoms with Gasteiger partial charge in [-0.3, -0.25) is 14.7 Å². The zero-order chi connectivity index (χ0) is 17.1. The average molecular weight is 358 g/mol. The highest BCUT2D eigenvalue weighted by Gasteiger charge is 2.41. The summed E-state index contributed by atoms with van der Waals surface area (Å²) in [4.78, 5) is 23.4. The number of piperidine rings is 1. The summed E-state index contributed by atoms with van der Waals surface area (Å²) < 4.78 is 5.96. The number of hydrogen-bond donors (Lipinski definition) is 1. The Morgan fingerprint density at radius 2 is 2.36 bits per heavy atom. The van der Waals surface area contributed by atoms with Gasteiger partial charge in [-0.1, -0.05) is 0 Å². The quantitative estimate of drug-likeness (QED) is 0.909. The summed E-state index contributed by atoms with van der Waals surface area (Å²) >= 11 is 1.73. The summed E-state index contributed by atoms with van der Waals surface area (Å²) in [5.41, 5.74) is 1.35. The third-order valence-corrected chi connectivity index (χ3v) is 5.82. The Hall–Kier alpha value is -1.83. The van der Waals surface area contributed by atoms with Gasteiger partial charge in [0.15, 0.2) is 5.82 Å². The molecule has 0 aromatic carbocycles. The first-order valence-corrected chi connectivity index (χ1v) is 9.66. The van der Waals surface area contributed by atoms with Crippen molar-refractivity contribution in [3.8, 4) is 0 Å². The van der Waals surface area contributed by atoms with Crippen molar-refractivity contribution in [1.29, 1.82) is 0 Å². The van der Waals surface area contributed by atoms with E-state index in [1.807, 2.05) is 0 Å². The van der Waals surface area contributed by atoms with Crippen LogP contribution in [-0.4, -0.2) is 46.6 Å². The molecule has 0 saturated carbocycles. The van der Waals surface area contributed by atoms with E-state index >= 15 is 0 Å². The number of fused-ring (bicyclic) bond motifs is 1. The number of amides is 1. The van der Waals surface area contributed by atoms with Crippen molar-refractivity contribution in [1.82, 2.24) is 14.9 Å². The number of thiophene rings is 1. The van der Waals surface area contributed by atoms with Crippen molar-refractivity contribution >= 4 is 23.1 Å². The van der Waals surface area contributed by atoms with Crippen molar-refractivity contribution in [2.75, 3.05) is 25.0 Å². The van der Waals surface area contributed by atoms with E-state index in [9.17, 15) is 4.79 Å². The van der Waals surface area contributed by atoms with Gasteiger partial charge in [0.1, 0.15) is 0 Å². The summed E-state index contributed by atoms with van der Waals surface area (Å²) in [6, 6.07) is 2.17. The van der Waals surface area contributed by atoms with Crippen molar-refractivity contribution in [2.24, 2.45) is 11.8 Å². The maximum atomic E-state index is 12.8. The fourth-order valence-corrected chi connectivity index (χ4v) is 4.54. The largest absolute Gasteiger partial charge is 0.378 e. The Morgan fingerprint density at radius 3 is 3.16 bits per heavy atom. The molecule has 4 rings (SSSR count). The van der Waals surface area contributed by atoms with Crippen LogP contribution >= 0.6 is 11.3 Å². The fraction of sp³-hybridized carbons (Fsp3) is 0.500. The van der Waals surface area contributed by atoms with Gasteiger partial charge in [0.05, 0.1) is 12.3 Å². The van der Waals surface area contributed by atoms with Gasteiger partial charge >= 0.3 is 0 Å². The van der Waals surface area contributed by atoms with Crippen molar-refractivity contribution in [2.45, 2.75) is 25.5 Å². The molecule has 0 aliphatic carbocycles. The summed E-state index contributed by atoms with van der Waals surface area (Å²) in [6.07, 6.45) is 6.71. The van der Waals surface area contributed by atoms with Crippen molar-refractivity contribution < 1.29 is 9.53 Å². The maximum Gasteiger partial charge on any atom is 0.229 e. The number of nitrogens with zero attached hydrogens (tertiary/aromatic N) is 3. The van der Waals surface area contributed by atoms with Gasteiger partial charge in [0, 0.05) is 50.5 Å². The topological polar surface area (TPSA) is 67.3 Å². The molecule has 2 saturated heterocycles. The van der Waals surface area contributed by atoms with Crippen LogP contribution in [0, 0.1) is 11.8 Å². The molecule has 1 N–H and O–H groups in total. The van der Waals surface area contributed by atoms with Crippen LogP contribution < -0.4 is 5.32 Å². The number of likely N-dealkylation sites (tertiary alicyclic amines) is 1. The molecular formula is C18H22N4O2S. The SMILES string of the molecule is O=C(Nc1cnccn1)[C@@H]1CCO[C@@H]2CCN(Cc3ccsc3)C[C@H]21. The van der Waals surface area contributed by atoms with Crippen LogP contribution in [0.1, 0.15) is 18.4 Å². The number of aromatic nitrogens is 2. The molecule has 2 fully saturated rings. The highest BCUT2D eigenvalue weighted by molar-refractivity contribution is 7.07. The van der Waals surface area contributed by atoms with E-state index in [-0.39, 0.29) is 23.8 Å². The Kier molecular flexibility index (Phi) is 5.05. The van der Waals surface area contributed by atoms with E-state index in [1.54, 1.807) is 29.9 Å². The lowest BCUT2D eigenvalue weighted by atomic mass is 9.79. The lowest BCUT2D eigenvalue weighted by Gasteiger charge is -2.44. The molecule has 132 valence electrons. The molecule has 0 unspecified atom stereocenters. The average Bonchev–Trinajstić information content (AvgIpc) is 3.15. The van der Waals surface area contributed by atoms with Crippen molar-refractivity contribution in [3.63, 3.8) is 0 Å². The number of hydrogen-bond acceptors (Lipinski definition) is 6. The van der Waals surface area contributed by atoms with Gasteiger partial charge in [-0.2, -0.15) is 11.3 Å². The Balaban J connectivity index is 1.43. The minimum absolute atomic E-state index is 0.0361. The summed E-state index contributed by atoms with van der Waals surface area (Å²) in [5.74, 6) is 0.751. The minimum atomic E-state index is -0.0361. The predicted molar refractivity (Wildman–Crippen MR) is 96.2 cm³/mol. The Bertz CT molecular complexity index is 694. The molecule has 1 amide bonds. The van der Waals surface area contributed by atoms with Crippen molar-refractivity contribution in [3.05, 3.63) is 41.0 Å². The van der Waals surface area contributed by atoms with Gasteiger partial charge < -0.3 is 10.1 Å². The maximum absolute atomic E-state index is 12.8. The summed E-state index contributed by atoms with van der Waals surface area (Å²) in [6.45, 7) is 3.53. The first-order chi connectivity index (χ1) is 12.3. The smallest absolute Gasteiger partial charge is 0.229 e. The molecule has 2 aliphatic heterocycles. The standard InChI is InChI=1S/C18H22N4O2S/c23-18(21-17-9-19-4-5-20-17)14-2-7-24-16-1-6-22(11-15(14)16)10-13-3-8-25-12-13/h3-5,8-9,12,14-16H,1-2,6-7,10-11H2,(H,20,21,23)/t14-,15+,16-/m1/s1. The van der Waals surface area contributed by atoms with E-state index < -0.39 is 0 Å². The molecule has 0 spiro atoms. The predicted octanol–water partition coefficient (Wildman–Crippen LogP) is 2.40. The lowest BCUT2D eigenvalue weighted by Crippen LogP contribution is -2.52. The van der Waals surface area contributed by atoms with E-state index in [0.717, 1.165) is 32.5 Å². The fourth-order valence-electron chi connectivity index (χ4n) is 3.88. The Morgan fingerprint density at radius 1 is 1.40 bits per heavy atom. The number of rotatable bonds is 4. The molecule has 6 nitrogen and oxygen atoms in total. The molecule has 7 heteroatoms. The first kappa shape index (κ1) is 16.6. The number of nitrogens with one attached hydrogen (secondary N) is 1. The number of anilines is 1. The van der Waals surface area contributed by atoms with E-state index in [1.165, 1.54) is 5.56 Å². The molecule has 25 heavy (non-hydrogen) atoms. The highest BCUT2D eigenvalue weighted by Crippen LogP contribution is 2.34. The molecule has 4 heterocycles. The van der Waals surface area contributed by atoms with Gasteiger partial charge in [-0.05, 0) is 35.2 Å². The number of ether oxygens (including phenoxy) is 1. The van der Waals surface area contributed by atoms with Crippen LogP contribution in [0.2, 0.25) is 0 Å².